The van der Waals surface area contributed by atoms with Gasteiger partial charge in [0.1, 0.15) is 9.79 Å². The van der Waals surface area contributed by atoms with Gasteiger partial charge in [0.15, 0.2) is 0 Å². The van der Waals surface area contributed by atoms with Gasteiger partial charge >= 0.3 is 0 Å². The molecule has 0 atom stereocenters. The second kappa shape index (κ2) is 3.03. The summed E-state index contributed by atoms with van der Waals surface area (Å²) in [6.45, 7) is 0. The quantitative estimate of drug-likeness (QED) is 0.721. The molecule has 74 valence electrons. The van der Waals surface area contributed by atoms with Crippen LogP contribution < -0.4 is 0 Å². The molecule has 9 heteroatoms. The van der Waals surface area contributed by atoms with Crippen molar-refractivity contribution in [2.24, 2.45) is 0 Å². The van der Waals surface area contributed by atoms with Crippen molar-refractivity contribution in [2.75, 3.05) is 0 Å². The van der Waals surface area contributed by atoms with Crippen molar-refractivity contribution in [1.29, 1.82) is 0 Å². The Morgan fingerprint density at radius 1 is 0.923 bits per heavy atom. The van der Waals surface area contributed by atoms with Gasteiger partial charge in [0.25, 0.3) is 20.2 Å². The first-order valence-corrected chi connectivity index (χ1v) is 6.56. The first-order chi connectivity index (χ1) is 5.73. The van der Waals surface area contributed by atoms with E-state index in [4.69, 9.17) is 9.11 Å². The molecule has 0 unspecified atom stereocenters. The molecule has 0 fully saturated rings. The summed E-state index contributed by atoms with van der Waals surface area (Å²) in [6.07, 6.45) is 0. The Morgan fingerprint density at radius 2 is 1.23 bits per heavy atom. The Balaban J connectivity index is 3.54. The number of hydrogen-bond donors (Lipinski definition) is 2. The van der Waals surface area contributed by atoms with Gasteiger partial charge < -0.3 is 0 Å². The van der Waals surface area contributed by atoms with Crippen LogP contribution in [0.15, 0.2) is 20.6 Å². The van der Waals surface area contributed by atoms with Crippen molar-refractivity contribution in [2.45, 2.75) is 9.79 Å². The smallest absolute Gasteiger partial charge is 0.282 e. The lowest BCUT2D eigenvalue weighted by molar-refractivity contribution is 0.467. The maximum absolute atomic E-state index is 10.5. The molecular formula is C4H4O6S3. The molecule has 0 radical (unpaired) electrons. The average molecular weight is 244 g/mol. The van der Waals surface area contributed by atoms with Gasteiger partial charge in [0.2, 0.25) is 0 Å². The molecule has 0 bridgehead atoms. The monoisotopic (exact) mass is 244 g/mol. The third kappa shape index (κ3) is 2.25. The maximum Gasteiger partial charge on any atom is 0.296 e. The first kappa shape index (κ1) is 10.6. The highest BCUT2D eigenvalue weighted by molar-refractivity contribution is 7.89. The van der Waals surface area contributed by atoms with Crippen LogP contribution in [0.3, 0.4) is 0 Å². The molecule has 0 spiro atoms. The minimum atomic E-state index is -4.60. The molecule has 0 aliphatic carbocycles. The molecule has 0 saturated carbocycles. The molecule has 0 aromatic carbocycles. The van der Waals surface area contributed by atoms with E-state index in [9.17, 15) is 16.8 Å². The highest BCUT2D eigenvalue weighted by Crippen LogP contribution is 2.24. The molecule has 0 amide bonds. The fourth-order valence-corrected chi connectivity index (χ4v) is 3.93. The van der Waals surface area contributed by atoms with E-state index in [1.54, 1.807) is 0 Å². The van der Waals surface area contributed by atoms with E-state index in [2.05, 4.69) is 0 Å². The van der Waals surface area contributed by atoms with E-state index >= 15 is 0 Å². The molecule has 2 N–H and O–H groups in total. The first-order valence-electron chi connectivity index (χ1n) is 2.74. The Bertz CT molecular complexity index is 459. The normalized spacial score (nSPS) is 13.1. The SMILES string of the molecule is O=S(=O)(O)c1cscc1S(=O)(=O)O. The molecule has 1 aromatic rings. The summed E-state index contributed by atoms with van der Waals surface area (Å²) < 4.78 is 59.2. The fourth-order valence-electron chi connectivity index (χ4n) is 0.650. The number of thiophene rings is 1. The average Bonchev–Trinajstić information content (AvgIpc) is 2.27. The summed E-state index contributed by atoms with van der Waals surface area (Å²) in [4.78, 5) is -1.61. The Hall–Kier alpha value is -0.480. The molecule has 1 aromatic heterocycles. The number of hydrogen-bond acceptors (Lipinski definition) is 5. The van der Waals surface area contributed by atoms with Gasteiger partial charge in [-0.1, -0.05) is 0 Å². The van der Waals surface area contributed by atoms with E-state index < -0.39 is 30.0 Å². The number of rotatable bonds is 2. The van der Waals surface area contributed by atoms with E-state index in [-0.39, 0.29) is 0 Å². The predicted molar refractivity (Wildman–Crippen MR) is 43.9 cm³/mol. The van der Waals surface area contributed by atoms with Crippen LogP contribution in [0.2, 0.25) is 0 Å². The summed E-state index contributed by atoms with van der Waals surface area (Å²) in [5.74, 6) is 0. The standard InChI is InChI=1S/C4H4O6S3/c5-12(6,7)3-1-11-2-4(3)13(8,9)10/h1-2H,(H,5,6,7)(H,8,9,10). The second-order valence-electron chi connectivity index (χ2n) is 2.05. The van der Waals surface area contributed by atoms with Gasteiger partial charge in [-0.25, -0.2) is 0 Å². The van der Waals surface area contributed by atoms with Crippen molar-refractivity contribution in [3.8, 4) is 0 Å². The van der Waals surface area contributed by atoms with Crippen LogP contribution in [0.4, 0.5) is 0 Å². The molecular weight excluding hydrogens is 240 g/mol. The fraction of sp³-hybridized carbons (Fsp3) is 0. The minimum absolute atomic E-state index is 0.742. The summed E-state index contributed by atoms with van der Waals surface area (Å²) in [5, 5.41) is 1.83. The zero-order chi connectivity index (χ0) is 10.3. The Labute approximate surface area is 78.3 Å². The minimum Gasteiger partial charge on any atom is -0.282 e. The van der Waals surface area contributed by atoms with Gasteiger partial charge in [-0.3, -0.25) is 9.11 Å². The van der Waals surface area contributed by atoms with Crippen LogP contribution in [-0.4, -0.2) is 25.9 Å². The van der Waals surface area contributed by atoms with Crippen LogP contribution in [-0.2, 0) is 20.2 Å². The lowest BCUT2D eigenvalue weighted by atomic mass is 10.7. The van der Waals surface area contributed by atoms with Crippen LogP contribution in [0.25, 0.3) is 0 Å². The van der Waals surface area contributed by atoms with Crippen LogP contribution in [0, 0.1) is 0 Å². The molecule has 6 nitrogen and oxygen atoms in total. The van der Waals surface area contributed by atoms with Crippen molar-refractivity contribution < 1.29 is 25.9 Å². The molecule has 0 saturated heterocycles. The summed E-state index contributed by atoms with van der Waals surface area (Å²) in [6, 6.07) is 0. The second-order valence-corrected chi connectivity index (χ2v) is 5.57. The summed E-state index contributed by atoms with van der Waals surface area (Å²) in [5.41, 5.74) is 0. The van der Waals surface area contributed by atoms with Crippen LogP contribution in [0.1, 0.15) is 0 Å². The molecule has 1 rings (SSSR count). The van der Waals surface area contributed by atoms with Crippen molar-refractivity contribution in [3.63, 3.8) is 0 Å². The van der Waals surface area contributed by atoms with Gasteiger partial charge in [-0.15, -0.1) is 11.3 Å². The van der Waals surface area contributed by atoms with E-state index in [1.165, 1.54) is 0 Å². The summed E-state index contributed by atoms with van der Waals surface area (Å²) in [7, 11) is -9.20. The highest BCUT2D eigenvalue weighted by Gasteiger charge is 2.24. The topological polar surface area (TPSA) is 109 Å². The summed E-state index contributed by atoms with van der Waals surface area (Å²) >= 11 is 0.742. The van der Waals surface area contributed by atoms with Gasteiger partial charge in [0, 0.05) is 10.8 Å². The van der Waals surface area contributed by atoms with Gasteiger partial charge in [-0.2, -0.15) is 16.8 Å². The third-order valence-corrected chi connectivity index (χ3v) is 4.11. The van der Waals surface area contributed by atoms with Crippen molar-refractivity contribution in [1.82, 2.24) is 0 Å². The molecule has 1 heterocycles. The lowest BCUT2D eigenvalue weighted by Gasteiger charge is -1.95. The van der Waals surface area contributed by atoms with Crippen molar-refractivity contribution >= 4 is 31.6 Å². The van der Waals surface area contributed by atoms with E-state index in [1.807, 2.05) is 0 Å². The zero-order valence-corrected chi connectivity index (χ0v) is 8.36. The highest BCUT2D eigenvalue weighted by atomic mass is 32.2. The van der Waals surface area contributed by atoms with E-state index in [0.717, 1.165) is 22.1 Å². The predicted octanol–water partition coefficient (Wildman–Crippen LogP) is 0.242. The molecule has 13 heavy (non-hydrogen) atoms. The Morgan fingerprint density at radius 3 is 1.46 bits per heavy atom. The Kier molecular flexibility index (Phi) is 2.47. The van der Waals surface area contributed by atoms with Gasteiger partial charge in [-0.05, 0) is 0 Å². The van der Waals surface area contributed by atoms with Crippen LogP contribution >= 0.6 is 11.3 Å². The van der Waals surface area contributed by atoms with Crippen molar-refractivity contribution in [3.05, 3.63) is 10.8 Å². The lowest BCUT2D eigenvalue weighted by Crippen LogP contribution is -2.05. The largest absolute Gasteiger partial charge is 0.296 e. The van der Waals surface area contributed by atoms with Gasteiger partial charge in [0.05, 0.1) is 0 Å². The third-order valence-electron chi connectivity index (χ3n) is 1.15. The van der Waals surface area contributed by atoms with Crippen LogP contribution in [0.5, 0.6) is 0 Å². The molecule has 0 aliphatic heterocycles. The van der Waals surface area contributed by atoms with E-state index in [0.29, 0.717) is 0 Å². The molecule has 0 aliphatic rings. The maximum atomic E-state index is 10.5. The zero-order valence-electron chi connectivity index (χ0n) is 5.91.